The van der Waals surface area contributed by atoms with E-state index in [9.17, 15) is 14.0 Å². The zero-order valence-corrected chi connectivity index (χ0v) is 13.9. The average Bonchev–Trinajstić information content (AvgIpc) is 2.54. The normalized spacial score (nSPS) is 10.3. The maximum Gasteiger partial charge on any atom is 0.223 e. The van der Waals surface area contributed by atoms with Crippen LogP contribution in [0.2, 0.25) is 0 Å². The zero-order chi connectivity index (χ0) is 17.5. The number of amides is 2. The molecule has 0 saturated heterocycles. The summed E-state index contributed by atoms with van der Waals surface area (Å²) in [7, 11) is 0. The van der Waals surface area contributed by atoms with Crippen LogP contribution in [-0.2, 0) is 16.1 Å². The van der Waals surface area contributed by atoms with Crippen LogP contribution in [-0.4, -0.2) is 18.4 Å². The van der Waals surface area contributed by atoms with Gasteiger partial charge < -0.3 is 10.2 Å². The number of nitrogens with zero attached hydrogens (tertiary/aromatic N) is 1. The molecule has 5 heteroatoms. The summed E-state index contributed by atoms with van der Waals surface area (Å²) >= 11 is 0. The summed E-state index contributed by atoms with van der Waals surface area (Å²) in [5.41, 5.74) is 2.62. The van der Waals surface area contributed by atoms with Gasteiger partial charge >= 0.3 is 0 Å². The molecule has 24 heavy (non-hydrogen) atoms. The third kappa shape index (κ3) is 4.91. The fraction of sp³-hybridized carbons (Fsp3) is 0.263. The summed E-state index contributed by atoms with van der Waals surface area (Å²) in [5.74, 6) is -0.795. The molecule has 126 valence electrons. The molecule has 2 aromatic rings. The van der Waals surface area contributed by atoms with E-state index in [1.165, 1.54) is 24.0 Å². The van der Waals surface area contributed by atoms with E-state index >= 15 is 0 Å². The van der Waals surface area contributed by atoms with Crippen LogP contribution in [0.4, 0.5) is 10.1 Å². The quantitative estimate of drug-likeness (QED) is 0.885. The molecule has 0 aliphatic heterocycles. The van der Waals surface area contributed by atoms with Crippen molar-refractivity contribution < 1.29 is 14.0 Å². The number of hydrogen-bond acceptors (Lipinski definition) is 2. The lowest BCUT2D eigenvalue weighted by Crippen LogP contribution is -2.33. The highest BCUT2D eigenvalue weighted by atomic mass is 19.1. The van der Waals surface area contributed by atoms with Crippen molar-refractivity contribution in [3.8, 4) is 0 Å². The summed E-state index contributed by atoms with van der Waals surface area (Å²) < 4.78 is 13.3. The second-order valence-corrected chi connectivity index (χ2v) is 5.60. The minimum absolute atomic E-state index is 0.152. The van der Waals surface area contributed by atoms with Crippen molar-refractivity contribution in [2.45, 2.75) is 26.8 Å². The molecular formula is C19H21FN2O2. The van der Waals surface area contributed by atoms with Gasteiger partial charge in [0.15, 0.2) is 0 Å². The van der Waals surface area contributed by atoms with E-state index in [1.54, 1.807) is 12.1 Å². The first-order valence-corrected chi connectivity index (χ1v) is 7.82. The minimum atomic E-state index is -0.414. The molecule has 0 aliphatic carbocycles. The van der Waals surface area contributed by atoms with Crippen molar-refractivity contribution in [1.82, 2.24) is 5.32 Å². The number of carbonyl (C=O) groups excluding carboxylic acids is 2. The first-order valence-electron chi connectivity index (χ1n) is 7.82. The lowest BCUT2D eigenvalue weighted by Gasteiger charge is -2.21. The Morgan fingerprint density at radius 2 is 1.88 bits per heavy atom. The molecule has 0 unspecified atom stereocenters. The molecule has 2 rings (SSSR count). The summed E-state index contributed by atoms with van der Waals surface area (Å²) in [5, 5.41) is 2.85. The van der Waals surface area contributed by atoms with Crippen LogP contribution in [0.15, 0.2) is 48.5 Å². The van der Waals surface area contributed by atoms with E-state index in [-0.39, 0.29) is 24.8 Å². The van der Waals surface area contributed by atoms with E-state index in [0.29, 0.717) is 12.2 Å². The van der Waals surface area contributed by atoms with Gasteiger partial charge in [-0.1, -0.05) is 30.3 Å². The average molecular weight is 328 g/mol. The summed E-state index contributed by atoms with van der Waals surface area (Å²) in [4.78, 5) is 25.2. The monoisotopic (exact) mass is 328 g/mol. The van der Waals surface area contributed by atoms with Crippen molar-refractivity contribution >= 4 is 17.5 Å². The highest BCUT2D eigenvalue weighted by Gasteiger charge is 2.14. The Kier molecular flexibility index (Phi) is 6.07. The van der Waals surface area contributed by atoms with E-state index in [4.69, 9.17) is 0 Å². The fourth-order valence-corrected chi connectivity index (χ4v) is 2.42. The lowest BCUT2D eigenvalue weighted by molar-refractivity contribution is -0.121. The highest BCUT2D eigenvalue weighted by Crippen LogP contribution is 2.16. The van der Waals surface area contributed by atoms with Gasteiger partial charge in [0.1, 0.15) is 5.82 Å². The van der Waals surface area contributed by atoms with E-state index in [2.05, 4.69) is 5.32 Å². The van der Waals surface area contributed by atoms with Gasteiger partial charge in [-0.15, -0.1) is 0 Å². The van der Waals surface area contributed by atoms with Crippen molar-refractivity contribution in [3.05, 3.63) is 65.5 Å². The predicted molar refractivity (Wildman–Crippen MR) is 92.1 cm³/mol. The molecular weight excluding hydrogens is 307 g/mol. The molecule has 0 radical (unpaired) electrons. The minimum Gasteiger partial charge on any atom is -0.352 e. The number of halogens is 1. The Bertz CT molecular complexity index is 731. The Morgan fingerprint density at radius 1 is 1.12 bits per heavy atom. The Morgan fingerprint density at radius 3 is 2.54 bits per heavy atom. The second-order valence-electron chi connectivity index (χ2n) is 5.60. The van der Waals surface area contributed by atoms with Gasteiger partial charge in [0.2, 0.25) is 11.8 Å². The summed E-state index contributed by atoms with van der Waals surface area (Å²) in [6, 6.07) is 13.6. The molecule has 0 heterocycles. The molecule has 0 aromatic heterocycles. The first kappa shape index (κ1) is 17.7. The van der Waals surface area contributed by atoms with Crippen LogP contribution in [0.25, 0.3) is 0 Å². The Hall–Kier alpha value is -2.69. The molecule has 4 nitrogen and oxygen atoms in total. The lowest BCUT2D eigenvalue weighted by atomic mass is 10.1. The van der Waals surface area contributed by atoms with E-state index in [0.717, 1.165) is 11.1 Å². The summed E-state index contributed by atoms with van der Waals surface area (Å²) in [6.45, 7) is 4.04. The van der Waals surface area contributed by atoms with Gasteiger partial charge in [0.05, 0.1) is 0 Å². The van der Waals surface area contributed by atoms with Gasteiger partial charge in [-0.25, -0.2) is 4.39 Å². The third-order valence-electron chi connectivity index (χ3n) is 3.80. The SMILES string of the molecule is CC(=O)N(CCC(=O)NCc1ccccc1C)c1cccc(F)c1. The van der Waals surface area contributed by atoms with Crippen molar-refractivity contribution in [3.63, 3.8) is 0 Å². The topological polar surface area (TPSA) is 49.4 Å². The molecule has 0 bridgehead atoms. The van der Waals surface area contributed by atoms with Gasteiger partial charge in [-0.2, -0.15) is 0 Å². The van der Waals surface area contributed by atoms with Gasteiger partial charge in [-0.05, 0) is 36.2 Å². The van der Waals surface area contributed by atoms with Crippen LogP contribution in [0.5, 0.6) is 0 Å². The molecule has 0 fully saturated rings. The molecule has 0 atom stereocenters. The molecule has 1 N–H and O–H groups in total. The third-order valence-corrected chi connectivity index (χ3v) is 3.80. The van der Waals surface area contributed by atoms with Gasteiger partial charge in [0, 0.05) is 32.1 Å². The number of aryl methyl sites for hydroxylation is 1. The van der Waals surface area contributed by atoms with Crippen LogP contribution in [0.3, 0.4) is 0 Å². The van der Waals surface area contributed by atoms with Crippen molar-refractivity contribution in [2.75, 3.05) is 11.4 Å². The zero-order valence-electron chi connectivity index (χ0n) is 13.9. The highest BCUT2D eigenvalue weighted by molar-refractivity contribution is 5.92. The number of carbonyl (C=O) groups is 2. The molecule has 2 aromatic carbocycles. The van der Waals surface area contributed by atoms with Gasteiger partial charge in [-0.3, -0.25) is 9.59 Å². The number of nitrogens with one attached hydrogen (secondary N) is 1. The van der Waals surface area contributed by atoms with Crippen LogP contribution in [0, 0.1) is 12.7 Å². The van der Waals surface area contributed by atoms with Crippen molar-refractivity contribution in [2.24, 2.45) is 0 Å². The smallest absolute Gasteiger partial charge is 0.223 e. The number of benzene rings is 2. The van der Waals surface area contributed by atoms with Crippen molar-refractivity contribution in [1.29, 1.82) is 0 Å². The summed E-state index contributed by atoms with van der Waals surface area (Å²) in [6.07, 6.45) is 0.155. The maximum absolute atomic E-state index is 13.3. The predicted octanol–water partition coefficient (Wildman–Crippen LogP) is 3.19. The Labute approximate surface area is 141 Å². The molecule has 2 amide bonds. The number of hydrogen-bond donors (Lipinski definition) is 1. The van der Waals surface area contributed by atoms with E-state index < -0.39 is 5.82 Å². The van der Waals surface area contributed by atoms with Crippen LogP contribution < -0.4 is 10.2 Å². The number of rotatable bonds is 6. The van der Waals surface area contributed by atoms with E-state index in [1.807, 2.05) is 31.2 Å². The van der Waals surface area contributed by atoms with Crippen LogP contribution in [0.1, 0.15) is 24.5 Å². The molecule has 0 saturated carbocycles. The number of anilines is 1. The fourth-order valence-electron chi connectivity index (χ4n) is 2.42. The maximum atomic E-state index is 13.3. The molecule has 0 aliphatic rings. The Balaban J connectivity index is 1.91. The standard InChI is InChI=1S/C19H21FN2O2/c1-14-6-3-4-7-16(14)13-21-19(24)10-11-22(15(2)23)18-9-5-8-17(20)12-18/h3-9,12H,10-11,13H2,1-2H3,(H,21,24). The molecule has 0 spiro atoms. The first-order chi connectivity index (χ1) is 11.5. The van der Waals surface area contributed by atoms with Gasteiger partial charge in [0.25, 0.3) is 0 Å². The second kappa shape index (κ2) is 8.24. The van der Waals surface area contributed by atoms with Crippen LogP contribution >= 0.6 is 0 Å². The largest absolute Gasteiger partial charge is 0.352 e.